The fourth-order valence-electron chi connectivity index (χ4n) is 1.85. The third-order valence-electron chi connectivity index (χ3n) is 2.60. The Bertz CT molecular complexity index is 535. The standard InChI is InChI=1S/C10H14ClN3O3S/c1-17-5-10-13-8(11)4-9(14-10)12-7-2-3-18(15,16)6-7/h4,7H,2-3,5-6H2,1H3,(H,12,13,14). The van der Waals surface area contributed by atoms with E-state index in [1.807, 2.05) is 0 Å². The molecule has 1 fully saturated rings. The summed E-state index contributed by atoms with van der Waals surface area (Å²) in [4.78, 5) is 8.21. The number of anilines is 1. The lowest BCUT2D eigenvalue weighted by Gasteiger charge is -2.12. The maximum Gasteiger partial charge on any atom is 0.158 e. The van der Waals surface area contributed by atoms with Gasteiger partial charge in [0.25, 0.3) is 0 Å². The van der Waals surface area contributed by atoms with Crippen LogP contribution in [0.25, 0.3) is 0 Å². The van der Waals surface area contributed by atoms with Crippen LogP contribution in [0.1, 0.15) is 12.2 Å². The molecule has 0 radical (unpaired) electrons. The summed E-state index contributed by atoms with van der Waals surface area (Å²) in [5, 5.41) is 3.37. The van der Waals surface area contributed by atoms with Gasteiger partial charge in [0.15, 0.2) is 15.7 Å². The van der Waals surface area contributed by atoms with E-state index >= 15 is 0 Å². The van der Waals surface area contributed by atoms with Crippen molar-refractivity contribution >= 4 is 27.3 Å². The van der Waals surface area contributed by atoms with Gasteiger partial charge in [0.1, 0.15) is 17.6 Å². The molecule has 0 spiro atoms. The molecule has 0 aliphatic carbocycles. The zero-order valence-corrected chi connectivity index (χ0v) is 11.5. The quantitative estimate of drug-likeness (QED) is 0.829. The third kappa shape index (κ3) is 3.54. The normalized spacial score (nSPS) is 22.0. The fourth-order valence-corrected chi connectivity index (χ4v) is 3.72. The predicted molar refractivity (Wildman–Crippen MR) is 68.4 cm³/mol. The van der Waals surface area contributed by atoms with Crippen molar-refractivity contribution in [1.29, 1.82) is 0 Å². The minimum atomic E-state index is -2.91. The van der Waals surface area contributed by atoms with Crippen molar-refractivity contribution in [2.75, 3.05) is 23.9 Å². The first-order valence-electron chi connectivity index (χ1n) is 5.48. The first-order chi connectivity index (χ1) is 8.48. The van der Waals surface area contributed by atoms with E-state index in [0.717, 1.165) is 0 Å². The largest absolute Gasteiger partial charge is 0.377 e. The van der Waals surface area contributed by atoms with Gasteiger partial charge in [-0.15, -0.1) is 0 Å². The van der Waals surface area contributed by atoms with Crippen molar-refractivity contribution in [1.82, 2.24) is 9.97 Å². The van der Waals surface area contributed by atoms with E-state index in [9.17, 15) is 8.42 Å². The molecule has 0 bridgehead atoms. The van der Waals surface area contributed by atoms with Crippen LogP contribution >= 0.6 is 11.6 Å². The Hall–Kier alpha value is -0.920. The zero-order chi connectivity index (χ0) is 13.2. The molecule has 1 saturated heterocycles. The minimum Gasteiger partial charge on any atom is -0.377 e. The van der Waals surface area contributed by atoms with Crippen LogP contribution in [-0.2, 0) is 21.2 Å². The van der Waals surface area contributed by atoms with Crippen molar-refractivity contribution in [3.05, 3.63) is 17.0 Å². The highest BCUT2D eigenvalue weighted by Crippen LogP contribution is 2.18. The topological polar surface area (TPSA) is 81.2 Å². The predicted octanol–water partition coefficient (Wildman–Crippen LogP) is 0.875. The van der Waals surface area contributed by atoms with Crippen LogP contribution in [0, 0.1) is 0 Å². The van der Waals surface area contributed by atoms with E-state index in [1.54, 1.807) is 13.2 Å². The molecule has 1 aromatic rings. The number of nitrogens with zero attached hydrogens (tertiary/aromatic N) is 2. The van der Waals surface area contributed by atoms with Crippen molar-refractivity contribution in [2.45, 2.75) is 19.1 Å². The van der Waals surface area contributed by atoms with E-state index in [2.05, 4.69) is 15.3 Å². The van der Waals surface area contributed by atoms with Crippen LogP contribution in [-0.4, -0.2) is 43.0 Å². The molecule has 1 atom stereocenters. The van der Waals surface area contributed by atoms with Gasteiger partial charge in [-0.3, -0.25) is 0 Å². The number of aromatic nitrogens is 2. The Kier molecular flexibility index (Phi) is 4.04. The second-order valence-corrected chi connectivity index (χ2v) is 6.79. The Morgan fingerprint density at radius 2 is 2.33 bits per heavy atom. The molecule has 1 aromatic heterocycles. The molecule has 0 saturated carbocycles. The van der Waals surface area contributed by atoms with Crippen LogP contribution in [0.3, 0.4) is 0 Å². The van der Waals surface area contributed by atoms with Crippen LogP contribution in [0.4, 0.5) is 5.82 Å². The Labute approximate surface area is 111 Å². The smallest absolute Gasteiger partial charge is 0.158 e. The third-order valence-corrected chi connectivity index (χ3v) is 4.56. The molecule has 1 unspecified atom stereocenters. The lowest BCUT2D eigenvalue weighted by Crippen LogP contribution is -2.21. The molecule has 100 valence electrons. The number of hydrogen-bond acceptors (Lipinski definition) is 6. The van der Waals surface area contributed by atoms with Gasteiger partial charge in [-0.1, -0.05) is 11.6 Å². The number of methoxy groups -OCH3 is 1. The van der Waals surface area contributed by atoms with E-state index < -0.39 is 9.84 Å². The summed E-state index contributed by atoms with van der Waals surface area (Å²) in [5.41, 5.74) is 0. The van der Waals surface area contributed by atoms with Gasteiger partial charge in [0, 0.05) is 19.2 Å². The van der Waals surface area contributed by atoms with Crippen molar-refractivity contribution in [3.63, 3.8) is 0 Å². The van der Waals surface area contributed by atoms with E-state index in [0.29, 0.717) is 23.2 Å². The van der Waals surface area contributed by atoms with Crippen molar-refractivity contribution in [2.24, 2.45) is 0 Å². The summed E-state index contributed by atoms with van der Waals surface area (Å²) >= 11 is 5.86. The minimum absolute atomic E-state index is 0.114. The average Bonchev–Trinajstić information content (AvgIpc) is 2.57. The van der Waals surface area contributed by atoms with Crippen LogP contribution in [0.5, 0.6) is 0 Å². The maximum atomic E-state index is 11.3. The molecule has 8 heteroatoms. The van der Waals surface area contributed by atoms with Crippen LogP contribution < -0.4 is 5.32 Å². The number of hydrogen-bond donors (Lipinski definition) is 1. The number of nitrogens with one attached hydrogen (secondary N) is 1. The second kappa shape index (κ2) is 5.38. The van der Waals surface area contributed by atoms with Gasteiger partial charge >= 0.3 is 0 Å². The molecule has 1 aliphatic heterocycles. The summed E-state index contributed by atoms with van der Waals surface area (Å²) < 4.78 is 27.6. The number of sulfone groups is 1. The van der Waals surface area contributed by atoms with Gasteiger partial charge in [0.2, 0.25) is 0 Å². The first kappa shape index (κ1) is 13.5. The molecule has 0 aromatic carbocycles. The highest BCUT2D eigenvalue weighted by atomic mass is 35.5. The molecule has 2 heterocycles. The molecule has 1 aliphatic rings. The Morgan fingerprint density at radius 3 is 2.94 bits per heavy atom. The summed E-state index contributed by atoms with van der Waals surface area (Å²) in [6.07, 6.45) is 0.587. The van der Waals surface area contributed by atoms with E-state index in [-0.39, 0.29) is 24.2 Å². The lowest BCUT2D eigenvalue weighted by molar-refractivity contribution is 0.178. The monoisotopic (exact) mass is 291 g/mol. The van der Waals surface area contributed by atoms with Crippen molar-refractivity contribution < 1.29 is 13.2 Å². The average molecular weight is 292 g/mol. The summed E-state index contributed by atoms with van der Waals surface area (Å²) in [5.74, 6) is 1.35. The summed E-state index contributed by atoms with van der Waals surface area (Å²) in [7, 11) is -1.37. The summed E-state index contributed by atoms with van der Waals surface area (Å²) in [6.45, 7) is 0.262. The fraction of sp³-hybridized carbons (Fsp3) is 0.600. The number of rotatable bonds is 4. The molecular formula is C10H14ClN3O3S. The van der Waals surface area contributed by atoms with Crippen LogP contribution in [0.15, 0.2) is 6.07 Å². The molecule has 18 heavy (non-hydrogen) atoms. The highest BCUT2D eigenvalue weighted by Gasteiger charge is 2.28. The lowest BCUT2D eigenvalue weighted by atomic mass is 10.2. The van der Waals surface area contributed by atoms with Gasteiger partial charge in [-0.2, -0.15) is 0 Å². The maximum absolute atomic E-state index is 11.3. The van der Waals surface area contributed by atoms with E-state index in [1.165, 1.54) is 0 Å². The van der Waals surface area contributed by atoms with Crippen LogP contribution in [0.2, 0.25) is 5.15 Å². The van der Waals surface area contributed by atoms with Gasteiger partial charge in [-0.25, -0.2) is 18.4 Å². The molecular weight excluding hydrogens is 278 g/mol. The SMILES string of the molecule is COCc1nc(Cl)cc(NC2CCS(=O)(=O)C2)n1. The van der Waals surface area contributed by atoms with Gasteiger partial charge < -0.3 is 10.1 Å². The van der Waals surface area contributed by atoms with Gasteiger partial charge in [0.05, 0.1) is 11.5 Å². The Morgan fingerprint density at radius 1 is 1.56 bits per heavy atom. The second-order valence-electron chi connectivity index (χ2n) is 4.17. The molecule has 1 N–H and O–H groups in total. The summed E-state index contributed by atoms with van der Waals surface area (Å²) in [6, 6.07) is 1.46. The van der Waals surface area contributed by atoms with E-state index in [4.69, 9.17) is 16.3 Å². The Balaban J connectivity index is 2.09. The number of halogens is 1. The zero-order valence-electron chi connectivity index (χ0n) is 9.89. The highest BCUT2D eigenvalue weighted by molar-refractivity contribution is 7.91. The van der Waals surface area contributed by atoms with Gasteiger partial charge in [-0.05, 0) is 6.42 Å². The van der Waals surface area contributed by atoms with Crippen molar-refractivity contribution in [3.8, 4) is 0 Å². The molecule has 0 amide bonds. The molecule has 2 rings (SSSR count). The molecule has 6 nitrogen and oxygen atoms in total. The first-order valence-corrected chi connectivity index (χ1v) is 7.68. The number of ether oxygens (including phenoxy) is 1.